The van der Waals surface area contributed by atoms with Gasteiger partial charge in [0.05, 0.1) is 6.04 Å². The molecule has 0 aliphatic carbocycles. The van der Waals surface area contributed by atoms with Gasteiger partial charge in [0.25, 0.3) is 5.91 Å². The van der Waals surface area contributed by atoms with Crippen molar-refractivity contribution in [1.29, 1.82) is 0 Å². The molecule has 0 radical (unpaired) electrons. The van der Waals surface area contributed by atoms with Crippen LogP contribution >= 0.6 is 22.7 Å². The summed E-state index contributed by atoms with van der Waals surface area (Å²) in [5.41, 5.74) is 2.37. The number of thiophene rings is 1. The fourth-order valence-electron chi connectivity index (χ4n) is 3.32. The molecular weight excluding hydrogens is 392 g/mol. The highest BCUT2D eigenvalue weighted by atomic mass is 32.1. The van der Waals surface area contributed by atoms with Crippen LogP contribution in [-0.2, 0) is 9.53 Å². The van der Waals surface area contributed by atoms with E-state index >= 15 is 0 Å². The van der Waals surface area contributed by atoms with E-state index in [1.165, 1.54) is 21.8 Å². The van der Waals surface area contributed by atoms with Gasteiger partial charge in [0.1, 0.15) is 5.01 Å². The van der Waals surface area contributed by atoms with Gasteiger partial charge in [-0.25, -0.2) is 9.78 Å². The Morgan fingerprint density at radius 3 is 2.79 bits per heavy atom. The first kappa shape index (κ1) is 18.8. The number of hydrogen-bond donors (Lipinski definition) is 0. The minimum Gasteiger partial charge on any atom is -0.451 e. The van der Waals surface area contributed by atoms with E-state index < -0.39 is 5.97 Å². The predicted molar refractivity (Wildman–Crippen MR) is 111 cm³/mol. The Hall–Kier alpha value is -2.51. The van der Waals surface area contributed by atoms with Crippen molar-refractivity contribution >= 4 is 34.6 Å². The van der Waals surface area contributed by atoms with Crippen molar-refractivity contribution in [2.75, 3.05) is 13.2 Å². The molecule has 1 atom stereocenters. The van der Waals surface area contributed by atoms with E-state index in [0.717, 1.165) is 23.4 Å². The Balaban J connectivity index is 1.36. The summed E-state index contributed by atoms with van der Waals surface area (Å²) in [7, 11) is 0. The van der Waals surface area contributed by atoms with Gasteiger partial charge in [0.2, 0.25) is 0 Å². The zero-order valence-electron chi connectivity index (χ0n) is 15.5. The van der Waals surface area contributed by atoms with Crippen molar-refractivity contribution in [2.24, 2.45) is 0 Å². The van der Waals surface area contributed by atoms with Crippen LogP contribution in [0, 0.1) is 6.92 Å². The maximum absolute atomic E-state index is 12.6. The second kappa shape index (κ2) is 8.24. The van der Waals surface area contributed by atoms with E-state index in [-0.39, 0.29) is 24.2 Å². The standard InChI is InChI=1S/C21H20N2O3S2/c1-14-6-8-15(9-7-14)20-22-16(13-28-20)21(25)26-12-19(24)23-10-2-4-17(23)18-5-3-11-27-18/h3,5-9,11,13,17H,2,4,10,12H2,1H3. The molecule has 1 amide bonds. The molecule has 0 saturated carbocycles. The third-order valence-electron chi connectivity index (χ3n) is 4.78. The molecule has 1 unspecified atom stereocenters. The Morgan fingerprint density at radius 1 is 1.21 bits per heavy atom. The van der Waals surface area contributed by atoms with Crippen LogP contribution in [0.5, 0.6) is 0 Å². The second-order valence-corrected chi connectivity index (χ2v) is 8.58. The van der Waals surface area contributed by atoms with Crippen LogP contribution < -0.4 is 0 Å². The number of amides is 1. The molecule has 3 heterocycles. The van der Waals surface area contributed by atoms with E-state index in [0.29, 0.717) is 6.54 Å². The Kier molecular flexibility index (Phi) is 5.54. The van der Waals surface area contributed by atoms with Crippen LogP contribution in [0.1, 0.15) is 39.8 Å². The quantitative estimate of drug-likeness (QED) is 0.570. The van der Waals surface area contributed by atoms with Crippen molar-refractivity contribution in [2.45, 2.75) is 25.8 Å². The number of aryl methyl sites for hydroxylation is 1. The molecule has 0 spiro atoms. The van der Waals surface area contributed by atoms with E-state index in [1.807, 2.05) is 47.5 Å². The van der Waals surface area contributed by atoms with Crippen molar-refractivity contribution in [3.05, 3.63) is 63.3 Å². The molecule has 1 aromatic carbocycles. The van der Waals surface area contributed by atoms with Gasteiger partial charge in [-0.05, 0) is 31.2 Å². The first-order valence-electron chi connectivity index (χ1n) is 9.14. The highest BCUT2D eigenvalue weighted by molar-refractivity contribution is 7.13. The summed E-state index contributed by atoms with van der Waals surface area (Å²) < 4.78 is 5.25. The molecule has 0 N–H and O–H groups in total. The average molecular weight is 413 g/mol. The largest absolute Gasteiger partial charge is 0.451 e. The first-order chi connectivity index (χ1) is 13.6. The molecule has 0 bridgehead atoms. The fourth-order valence-corrected chi connectivity index (χ4v) is 4.99. The number of aromatic nitrogens is 1. The number of nitrogens with zero attached hydrogens (tertiary/aromatic N) is 2. The number of carbonyl (C=O) groups is 2. The lowest BCUT2D eigenvalue weighted by Crippen LogP contribution is -2.34. The smallest absolute Gasteiger partial charge is 0.358 e. The van der Waals surface area contributed by atoms with Crippen LogP contribution in [0.4, 0.5) is 0 Å². The minimum atomic E-state index is -0.560. The van der Waals surface area contributed by atoms with Crippen LogP contribution in [0.2, 0.25) is 0 Å². The zero-order chi connectivity index (χ0) is 19.5. The summed E-state index contributed by atoms with van der Waals surface area (Å²) in [6, 6.07) is 12.1. The summed E-state index contributed by atoms with van der Waals surface area (Å²) in [5.74, 6) is -0.715. The Labute approximate surface area is 171 Å². The van der Waals surface area contributed by atoms with Crippen LogP contribution in [0.3, 0.4) is 0 Å². The number of thiazole rings is 1. The van der Waals surface area contributed by atoms with Gasteiger partial charge in [-0.15, -0.1) is 22.7 Å². The summed E-state index contributed by atoms with van der Waals surface area (Å²) in [6.07, 6.45) is 1.92. The number of likely N-dealkylation sites (tertiary alicyclic amines) is 1. The molecule has 2 aromatic heterocycles. The molecule has 7 heteroatoms. The van der Waals surface area contributed by atoms with Crippen LogP contribution in [0.25, 0.3) is 10.6 Å². The van der Waals surface area contributed by atoms with Crippen LogP contribution in [0.15, 0.2) is 47.2 Å². The zero-order valence-corrected chi connectivity index (χ0v) is 17.1. The number of carbonyl (C=O) groups excluding carboxylic acids is 2. The normalized spacial score (nSPS) is 16.3. The number of hydrogen-bond acceptors (Lipinski definition) is 6. The number of ether oxygens (including phenoxy) is 1. The molecular formula is C21H20N2O3S2. The number of rotatable bonds is 5. The highest BCUT2D eigenvalue weighted by Gasteiger charge is 2.31. The molecule has 4 rings (SSSR count). The fraction of sp³-hybridized carbons (Fsp3) is 0.286. The van der Waals surface area contributed by atoms with Gasteiger partial charge in [0.15, 0.2) is 12.3 Å². The molecule has 1 saturated heterocycles. The monoisotopic (exact) mass is 412 g/mol. The summed E-state index contributed by atoms with van der Waals surface area (Å²) in [4.78, 5) is 32.3. The summed E-state index contributed by atoms with van der Waals surface area (Å²) >= 11 is 3.04. The van der Waals surface area contributed by atoms with E-state index in [4.69, 9.17) is 4.74 Å². The van der Waals surface area contributed by atoms with Gasteiger partial charge in [-0.1, -0.05) is 35.9 Å². The molecule has 1 fully saturated rings. The third-order valence-corrected chi connectivity index (χ3v) is 6.65. The lowest BCUT2D eigenvalue weighted by molar-refractivity contribution is -0.135. The maximum atomic E-state index is 12.6. The lowest BCUT2D eigenvalue weighted by atomic mass is 10.2. The van der Waals surface area contributed by atoms with Crippen molar-refractivity contribution < 1.29 is 14.3 Å². The van der Waals surface area contributed by atoms with Crippen molar-refractivity contribution in [3.8, 4) is 10.6 Å². The van der Waals surface area contributed by atoms with E-state index in [1.54, 1.807) is 16.7 Å². The summed E-state index contributed by atoms with van der Waals surface area (Å²) in [6.45, 7) is 2.47. The Morgan fingerprint density at radius 2 is 2.04 bits per heavy atom. The van der Waals surface area contributed by atoms with E-state index in [9.17, 15) is 9.59 Å². The molecule has 28 heavy (non-hydrogen) atoms. The van der Waals surface area contributed by atoms with Gasteiger partial charge >= 0.3 is 5.97 Å². The SMILES string of the molecule is Cc1ccc(-c2nc(C(=O)OCC(=O)N3CCCC3c3cccs3)cs2)cc1. The minimum absolute atomic E-state index is 0.0959. The van der Waals surface area contributed by atoms with Crippen LogP contribution in [-0.4, -0.2) is 34.9 Å². The van der Waals surface area contributed by atoms with Crippen molar-refractivity contribution in [1.82, 2.24) is 9.88 Å². The number of benzene rings is 1. The molecule has 1 aliphatic rings. The first-order valence-corrected chi connectivity index (χ1v) is 10.9. The lowest BCUT2D eigenvalue weighted by Gasteiger charge is -2.23. The van der Waals surface area contributed by atoms with E-state index in [2.05, 4.69) is 11.1 Å². The topological polar surface area (TPSA) is 59.5 Å². The second-order valence-electron chi connectivity index (χ2n) is 6.74. The average Bonchev–Trinajstić information content (AvgIpc) is 3.47. The van der Waals surface area contributed by atoms with Gasteiger partial charge in [-0.2, -0.15) is 0 Å². The van der Waals surface area contributed by atoms with Gasteiger partial charge < -0.3 is 9.64 Å². The molecule has 3 aromatic rings. The highest BCUT2D eigenvalue weighted by Crippen LogP contribution is 2.34. The third kappa shape index (κ3) is 4.00. The number of esters is 1. The summed E-state index contributed by atoms with van der Waals surface area (Å²) in [5, 5.41) is 4.45. The maximum Gasteiger partial charge on any atom is 0.358 e. The van der Waals surface area contributed by atoms with Gasteiger partial charge in [-0.3, -0.25) is 4.79 Å². The molecule has 144 valence electrons. The predicted octanol–water partition coefficient (Wildman–Crippen LogP) is 4.70. The molecule has 1 aliphatic heterocycles. The Bertz CT molecular complexity index is 964. The molecule has 5 nitrogen and oxygen atoms in total. The van der Waals surface area contributed by atoms with Gasteiger partial charge in [0, 0.05) is 22.4 Å². The van der Waals surface area contributed by atoms with Crippen molar-refractivity contribution in [3.63, 3.8) is 0 Å².